The third-order valence-electron chi connectivity index (χ3n) is 2.90. The lowest BCUT2D eigenvalue weighted by Crippen LogP contribution is -2.19. The molecule has 114 valence electrons. The molecule has 0 saturated carbocycles. The van der Waals surface area contributed by atoms with Crippen molar-refractivity contribution in [1.82, 2.24) is 14.5 Å². The number of carboxylic acid groups (broad SMARTS) is 1. The summed E-state index contributed by atoms with van der Waals surface area (Å²) in [5.41, 5.74) is 2.01. The van der Waals surface area contributed by atoms with Crippen molar-refractivity contribution in [3.05, 3.63) is 28.0 Å². The van der Waals surface area contributed by atoms with Crippen LogP contribution in [-0.4, -0.2) is 31.4 Å². The number of aliphatic carboxylic acids is 1. The molecule has 5 nitrogen and oxygen atoms in total. The Morgan fingerprint density at radius 3 is 2.71 bits per heavy atom. The summed E-state index contributed by atoms with van der Waals surface area (Å²) in [6, 6.07) is 0. The Balaban J connectivity index is 2.33. The van der Waals surface area contributed by atoms with E-state index in [-0.39, 0.29) is 11.2 Å². The van der Waals surface area contributed by atoms with E-state index in [0.29, 0.717) is 6.54 Å². The molecule has 2 rings (SSSR count). The van der Waals surface area contributed by atoms with Gasteiger partial charge in [0.25, 0.3) is 0 Å². The molecule has 0 aliphatic rings. The van der Waals surface area contributed by atoms with Crippen LogP contribution in [0, 0.1) is 6.92 Å². The van der Waals surface area contributed by atoms with E-state index in [1.54, 1.807) is 11.3 Å². The number of aromatic nitrogens is 3. The lowest BCUT2D eigenvalue weighted by Gasteiger charge is -2.21. The molecule has 2 aromatic rings. The molecule has 2 aromatic heterocycles. The molecule has 0 unspecified atom stereocenters. The zero-order valence-electron chi connectivity index (χ0n) is 12.6. The van der Waals surface area contributed by atoms with Gasteiger partial charge in [0.05, 0.1) is 23.0 Å². The molecule has 0 spiro atoms. The SMILES string of the molecule is Cc1nc(Cn2c(C(C)(C)C)cnc2SCC(=O)O)cs1. The molecule has 0 aliphatic heterocycles. The number of carboxylic acids is 1. The number of hydrogen-bond donors (Lipinski definition) is 1. The van der Waals surface area contributed by atoms with Crippen LogP contribution in [0.2, 0.25) is 0 Å². The van der Waals surface area contributed by atoms with Gasteiger partial charge >= 0.3 is 5.97 Å². The van der Waals surface area contributed by atoms with Crippen LogP contribution in [0.3, 0.4) is 0 Å². The van der Waals surface area contributed by atoms with Gasteiger partial charge in [-0.3, -0.25) is 4.79 Å². The first-order valence-corrected chi connectivity index (χ1v) is 8.45. The molecule has 0 bridgehead atoms. The fourth-order valence-corrected chi connectivity index (χ4v) is 3.30. The summed E-state index contributed by atoms with van der Waals surface area (Å²) in [6.45, 7) is 8.97. The topological polar surface area (TPSA) is 68.0 Å². The van der Waals surface area contributed by atoms with E-state index < -0.39 is 5.97 Å². The van der Waals surface area contributed by atoms with Crippen molar-refractivity contribution < 1.29 is 9.90 Å². The van der Waals surface area contributed by atoms with Crippen LogP contribution < -0.4 is 0 Å². The highest BCUT2D eigenvalue weighted by molar-refractivity contribution is 7.99. The second kappa shape index (κ2) is 6.19. The number of thiazole rings is 1. The molecule has 0 fully saturated rings. The summed E-state index contributed by atoms with van der Waals surface area (Å²) in [5.74, 6) is -0.826. The second-order valence-corrected chi connectivity index (χ2v) is 7.81. The largest absolute Gasteiger partial charge is 0.481 e. The van der Waals surface area contributed by atoms with Crippen LogP contribution in [-0.2, 0) is 16.8 Å². The number of hydrogen-bond acceptors (Lipinski definition) is 5. The highest BCUT2D eigenvalue weighted by Gasteiger charge is 2.22. The van der Waals surface area contributed by atoms with Crippen molar-refractivity contribution >= 4 is 29.1 Å². The molecule has 0 aromatic carbocycles. The van der Waals surface area contributed by atoms with E-state index >= 15 is 0 Å². The molecular formula is C14H19N3O2S2. The number of aryl methyl sites for hydroxylation is 1. The van der Waals surface area contributed by atoms with Gasteiger partial charge in [0.15, 0.2) is 5.16 Å². The van der Waals surface area contributed by atoms with E-state index in [9.17, 15) is 4.79 Å². The predicted octanol–water partition coefficient (Wildman–Crippen LogP) is 3.17. The first-order chi connectivity index (χ1) is 9.77. The van der Waals surface area contributed by atoms with Gasteiger partial charge in [-0.15, -0.1) is 11.3 Å². The molecule has 0 radical (unpaired) electrons. The van der Waals surface area contributed by atoms with E-state index in [1.807, 2.05) is 18.5 Å². The van der Waals surface area contributed by atoms with Gasteiger partial charge in [-0.1, -0.05) is 32.5 Å². The molecule has 0 saturated heterocycles. The lowest BCUT2D eigenvalue weighted by atomic mass is 9.92. The number of carbonyl (C=O) groups is 1. The van der Waals surface area contributed by atoms with E-state index in [4.69, 9.17) is 5.11 Å². The summed E-state index contributed by atoms with van der Waals surface area (Å²) in [5, 5.41) is 12.7. The minimum Gasteiger partial charge on any atom is -0.481 e. The lowest BCUT2D eigenvalue weighted by molar-refractivity contribution is -0.133. The van der Waals surface area contributed by atoms with Crippen LogP contribution in [0.15, 0.2) is 16.7 Å². The Labute approximate surface area is 132 Å². The molecule has 0 aliphatic carbocycles. The Morgan fingerprint density at radius 1 is 1.48 bits per heavy atom. The Morgan fingerprint density at radius 2 is 2.19 bits per heavy atom. The number of nitrogens with zero attached hydrogens (tertiary/aromatic N) is 3. The van der Waals surface area contributed by atoms with Crippen LogP contribution in [0.1, 0.15) is 37.2 Å². The molecule has 0 atom stereocenters. The van der Waals surface area contributed by atoms with Crippen molar-refractivity contribution in [3.63, 3.8) is 0 Å². The highest BCUT2D eigenvalue weighted by Crippen LogP contribution is 2.28. The van der Waals surface area contributed by atoms with Crippen molar-refractivity contribution in [1.29, 1.82) is 0 Å². The van der Waals surface area contributed by atoms with E-state index in [1.165, 1.54) is 11.8 Å². The molecule has 21 heavy (non-hydrogen) atoms. The maximum absolute atomic E-state index is 10.8. The van der Waals surface area contributed by atoms with Crippen LogP contribution in [0.5, 0.6) is 0 Å². The zero-order chi connectivity index (χ0) is 15.6. The molecular weight excluding hydrogens is 306 g/mol. The van der Waals surface area contributed by atoms with Gasteiger partial charge in [-0.2, -0.15) is 0 Å². The van der Waals surface area contributed by atoms with Gasteiger partial charge in [-0.05, 0) is 6.92 Å². The normalized spacial score (nSPS) is 11.8. The van der Waals surface area contributed by atoms with Gasteiger partial charge in [0.1, 0.15) is 0 Å². The second-order valence-electron chi connectivity index (χ2n) is 5.80. The zero-order valence-corrected chi connectivity index (χ0v) is 14.2. The number of rotatable bonds is 5. The minimum absolute atomic E-state index is 0.0106. The Bertz CT molecular complexity index is 641. The Kier molecular flexibility index (Phi) is 4.73. The maximum atomic E-state index is 10.8. The average Bonchev–Trinajstić information content (AvgIpc) is 2.93. The van der Waals surface area contributed by atoms with Crippen molar-refractivity contribution in [2.45, 2.75) is 44.8 Å². The van der Waals surface area contributed by atoms with Gasteiger partial charge in [-0.25, -0.2) is 9.97 Å². The summed E-state index contributed by atoms with van der Waals surface area (Å²) in [7, 11) is 0. The van der Waals surface area contributed by atoms with Gasteiger partial charge < -0.3 is 9.67 Å². The summed E-state index contributed by atoms with van der Waals surface area (Å²) >= 11 is 2.86. The standard InChI is InChI=1S/C14H19N3O2S2/c1-9-16-10(7-20-9)6-17-11(14(2,3)4)5-15-13(17)21-8-12(18)19/h5,7H,6,8H2,1-4H3,(H,18,19). The summed E-state index contributed by atoms with van der Waals surface area (Å²) < 4.78 is 2.07. The van der Waals surface area contributed by atoms with Gasteiger partial charge in [0, 0.05) is 22.7 Å². The fourth-order valence-electron chi connectivity index (χ4n) is 1.99. The summed E-state index contributed by atoms with van der Waals surface area (Å²) in [6.07, 6.45) is 1.84. The molecule has 2 heterocycles. The van der Waals surface area contributed by atoms with Crippen molar-refractivity contribution in [2.75, 3.05) is 5.75 Å². The molecule has 1 N–H and O–H groups in total. The first kappa shape index (κ1) is 16.0. The first-order valence-electron chi connectivity index (χ1n) is 6.59. The fraction of sp³-hybridized carbons (Fsp3) is 0.500. The third-order valence-corrected chi connectivity index (χ3v) is 4.70. The predicted molar refractivity (Wildman–Crippen MR) is 85.2 cm³/mol. The maximum Gasteiger partial charge on any atom is 0.313 e. The monoisotopic (exact) mass is 325 g/mol. The highest BCUT2D eigenvalue weighted by atomic mass is 32.2. The van der Waals surface area contributed by atoms with Crippen LogP contribution >= 0.6 is 23.1 Å². The van der Waals surface area contributed by atoms with Crippen molar-refractivity contribution in [2.24, 2.45) is 0 Å². The van der Waals surface area contributed by atoms with E-state index in [0.717, 1.165) is 21.6 Å². The molecule has 7 heteroatoms. The van der Waals surface area contributed by atoms with Crippen LogP contribution in [0.25, 0.3) is 0 Å². The quantitative estimate of drug-likeness (QED) is 0.855. The number of thioether (sulfide) groups is 1. The van der Waals surface area contributed by atoms with Crippen LogP contribution in [0.4, 0.5) is 0 Å². The molecule has 0 amide bonds. The minimum atomic E-state index is -0.837. The summed E-state index contributed by atoms with van der Waals surface area (Å²) in [4.78, 5) is 19.7. The van der Waals surface area contributed by atoms with E-state index in [2.05, 4.69) is 35.3 Å². The number of imidazole rings is 1. The smallest absolute Gasteiger partial charge is 0.313 e. The van der Waals surface area contributed by atoms with Gasteiger partial charge in [0.2, 0.25) is 0 Å². The average molecular weight is 325 g/mol. The third kappa shape index (κ3) is 4.07. The Hall–Kier alpha value is -1.34. The van der Waals surface area contributed by atoms with Crippen molar-refractivity contribution in [3.8, 4) is 0 Å².